The summed E-state index contributed by atoms with van der Waals surface area (Å²) in [5, 5.41) is 5.06. The van der Waals surface area contributed by atoms with Gasteiger partial charge in [0.25, 0.3) is 11.5 Å². The number of aromatic nitrogens is 3. The maximum atomic E-state index is 13.7. The van der Waals surface area contributed by atoms with Crippen LogP contribution >= 0.6 is 11.6 Å². The molecule has 5 rings (SSSR count). The van der Waals surface area contributed by atoms with E-state index in [4.69, 9.17) is 17.3 Å². The molecular weight excluding hydrogens is 454 g/mol. The molecule has 2 aromatic heterocycles. The van der Waals surface area contributed by atoms with Crippen molar-refractivity contribution in [3.63, 3.8) is 0 Å². The van der Waals surface area contributed by atoms with Gasteiger partial charge in [-0.05, 0) is 55.0 Å². The van der Waals surface area contributed by atoms with E-state index in [2.05, 4.69) is 5.10 Å². The zero-order chi connectivity index (χ0) is 23.8. The predicted octanol–water partition coefficient (Wildman–Crippen LogP) is 2.91. The molecule has 1 aliphatic rings. The lowest BCUT2D eigenvalue weighted by Crippen LogP contribution is -2.39. The molecule has 8 nitrogen and oxygen atoms in total. The number of nitrogens with zero attached hydrogens (tertiary/aromatic N) is 4. The van der Waals surface area contributed by atoms with E-state index in [9.17, 15) is 14.4 Å². The Balaban J connectivity index is 1.54. The summed E-state index contributed by atoms with van der Waals surface area (Å²) in [6, 6.07) is 19.2. The van der Waals surface area contributed by atoms with Crippen molar-refractivity contribution in [3.05, 3.63) is 105 Å². The van der Waals surface area contributed by atoms with Crippen molar-refractivity contribution >= 4 is 29.1 Å². The number of halogens is 1. The van der Waals surface area contributed by atoms with Gasteiger partial charge in [0.05, 0.1) is 17.8 Å². The Morgan fingerprint density at radius 1 is 0.971 bits per heavy atom. The summed E-state index contributed by atoms with van der Waals surface area (Å²) in [5.74, 6) is -0.755. The summed E-state index contributed by atoms with van der Waals surface area (Å²) in [6.07, 6.45) is 2.16. The number of fused-ring (bicyclic) bond motifs is 1. The van der Waals surface area contributed by atoms with Crippen molar-refractivity contribution in [1.29, 1.82) is 0 Å². The van der Waals surface area contributed by atoms with Crippen LogP contribution in [0.4, 0.5) is 5.69 Å². The van der Waals surface area contributed by atoms with Crippen LogP contribution in [0.1, 0.15) is 21.7 Å². The molecule has 3 heterocycles. The molecule has 0 aliphatic carbocycles. The Hall–Kier alpha value is -4.17. The third-order valence-electron chi connectivity index (χ3n) is 5.76. The molecule has 4 aromatic rings. The minimum atomic E-state index is -0.514. The smallest absolute Gasteiger partial charge is 0.277 e. The van der Waals surface area contributed by atoms with E-state index in [1.165, 1.54) is 15.3 Å². The highest BCUT2D eigenvalue weighted by Crippen LogP contribution is 2.30. The fraction of sp³-hybridized carbons (Fsp3) is 0.120. The Labute approximate surface area is 199 Å². The summed E-state index contributed by atoms with van der Waals surface area (Å²) in [5.41, 5.74) is 8.89. The lowest BCUT2D eigenvalue weighted by Gasteiger charge is -2.28. The van der Waals surface area contributed by atoms with Crippen LogP contribution in [0.15, 0.2) is 77.7 Å². The van der Waals surface area contributed by atoms with Crippen molar-refractivity contribution in [1.82, 2.24) is 14.3 Å². The topological polar surface area (TPSA) is 103 Å². The van der Waals surface area contributed by atoms with Crippen LogP contribution in [0.25, 0.3) is 11.4 Å². The number of carbonyl (C=O) groups is 2. The van der Waals surface area contributed by atoms with Gasteiger partial charge in [-0.2, -0.15) is 5.10 Å². The van der Waals surface area contributed by atoms with E-state index >= 15 is 0 Å². The van der Waals surface area contributed by atoms with Gasteiger partial charge in [0.2, 0.25) is 5.91 Å². The lowest BCUT2D eigenvalue weighted by atomic mass is 10.0. The van der Waals surface area contributed by atoms with Crippen LogP contribution in [0, 0.1) is 0 Å². The zero-order valence-electron chi connectivity index (χ0n) is 18.0. The second-order valence-corrected chi connectivity index (χ2v) is 8.38. The standard InChI is InChI=1S/C25H20ClN5O3/c26-16-4-3-5-19(14-16)31-24-20(21(28-31)15-22(27)32)11-13-30(25(24)34)18-9-7-17(8-10-18)29-12-2-1-6-23(29)33/h1-10,12,14H,11,13,15H2,(H2,27,32). The number of benzene rings is 2. The van der Waals surface area contributed by atoms with Gasteiger partial charge in [0.1, 0.15) is 5.69 Å². The zero-order valence-corrected chi connectivity index (χ0v) is 18.8. The molecular formula is C25H20ClN5O3. The highest BCUT2D eigenvalue weighted by molar-refractivity contribution is 6.30. The molecule has 0 spiro atoms. The normalized spacial score (nSPS) is 13.1. The van der Waals surface area contributed by atoms with E-state index in [1.807, 2.05) is 12.1 Å². The lowest BCUT2D eigenvalue weighted by molar-refractivity contribution is -0.117. The average Bonchev–Trinajstić information content (AvgIpc) is 3.18. The molecule has 0 atom stereocenters. The molecule has 0 saturated carbocycles. The number of carbonyl (C=O) groups excluding carboxylic acids is 2. The van der Waals surface area contributed by atoms with Crippen molar-refractivity contribution in [2.75, 3.05) is 11.4 Å². The van der Waals surface area contributed by atoms with Crippen LogP contribution in [0.3, 0.4) is 0 Å². The summed E-state index contributed by atoms with van der Waals surface area (Å²) in [6.45, 7) is 0.420. The number of primary amides is 1. The molecule has 0 bridgehead atoms. The van der Waals surface area contributed by atoms with Crippen molar-refractivity contribution in [2.45, 2.75) is 12.8 Å². The second-order valence-electron chi connectivity index (χ2n) is 7.94. The Morgan fingerprint density at radius 2 is 1.74 bits per heavy atom. The summed E-state index contributed by atoms with van der Waals surface area (Å²) < 4.78 is 3.07. The molecule has 0 fully saturated rings. The quantitative estimate of drug-likeness (QED) is 0.481. The summed E-state index contributed by atoms with van der Waals surface area (Å²) >= 11 is 6.17. The molecule has 2 aromatic carbocycles. The van der Waals surface area contributed by atoms with Gasteiger partial charge in [0.15, 0.2) is 0 Å². The third-order valence-corrected chi connectivity index (χ3v) is 5.99. The minimum Gasteiger partial charge on any atom is -0.369 e. The maximum Gasteiger partial charge on any atom is 0.277 e. The SMILES string of the molecule is NC(=O)Cc1nn(-c2cccc(Cl)c2)c2c1CCN(c1ccc(-n3ccccc3=O)cc1)C2=O. The molecule has 0 saturated heterocycles. The first-order valence-corrected chi connectivity index (χ1v) is 11.0. The van der Waals surface area contributed by atoms with Gasteiger partial charge >= 0.3 is 0 Å². The minimum absolute atomic E-state index is 0.0519. The summed E-state index contributed by atoms with van der Waals surface area (Å²) in [7, 11) is 0. The average molecular weight is 474 g/mol. The fourth-order valence-corrected chi connectivity index (χ4v) is 4.40. The van der Waals surface area contributed by atoms with Crippen molar-refractivity contribution < 1.29 is 9.59 Å². The molecule has 9 heteroatoms. The van der Waals surface area contributed by atoms with E-state index in [1.54, 1.807) is 59.6 Å². The fourth-order valence-electron chi connectivity index (χ4n) is 4.21. The number of hydrogen-bond donors (Lipinski definition) is 1. The first-order valence-electron chi connectivity index (χ1n) is 10.7. The van der Waals surface area contributed by atoms with Gasteiger partial charge in [-0.1, -0.05) is 23.7 Å². The molecule has 0 radical (unpaired) electrons. The first-order chi connectivity index (χ1) is 16.4. The number of amides is 2. The van der Waals surface area contributed by atoms with Gasteiger partial charge in [0, 0.05) is 40.8 Å². The van der Waals surface area contributed by atoms with Crippen LogP contribution in [-0.2, 0) is 17.6 Å². The van der Waals surface area contributed by atoms with Gasteiger partial charge < -0.3 is 10.6 Å². The van der Waals surface area contributed by atoms with Gasteiger partial charge in [-0.3, -0.25) is 19.0 Å². The molecule has 0 unspecified atom stereocenters. The molecule has 1 aliphatic heterocycles. The molecule has 34 heavy (non-hydrogen) atoms. The van der Waals surface area contributed by atoms with E-state index in [0.29, 0.717) is 52.0 Å². The van der Waals surface area contributed by atoms with Gasteiger partial charge in [-0.25, -0.2) is 4.68 Å². The van der Waals surface area contributed by atoms with Crippen LogP contribution < -0.4 is 16.2 Å². The Bertz CT molecular complexity index is 1470. The van der Waals surface area contributed by atoms with Crippen LogP contribution in [0.2, 0.25) is 5.02 Å². The maximum absolute atomic E-state index is 13.7. The molecule has 2 amide bonds. The van der Waals surface area contributed by atoms with Crippen LogP contribution in [-0.4, -0.2) is 32.7 Å². The van der Waals surface area contributed by atoms with E-state index < -0.39 is 5.91 Å². The Kier molecular flexibility index (Phi) is 5.51. The first kappa shape index (κ1) is 21.7. The largest absolute Gasteiger partial charge is 0.369 e. The molecule has 2 N–H and O–H groups in total. The van der Waals surface area contributed by atoms with Crippen molar-refractivity contribution in [3.8, 4) is 11.4 Å². The second kappa shape index (κ2) is 8.64. The number of pyridine rings is 1. The number of rotatable bonds is 5. The number of nitrogens with two attached hydrogens (primary N) is 1. The highest BCUT2D eigenvalue weighted by Gasteiger charge is 2.33. The van der Waals surface area contributed by atoms with E-state index in [-0.39, 0.29) is 17.9 Å². The van der Waals surface area contributed by atoms with Gasteiger partial charge in [-0.15, -0.1) is 0 Å². The predicted molar refractivity (Wildman–Crippen MR) is 129 cm³/mol. The van der Waals surface area contributed by atoms with Crippen molar-refractivity contribution in [2.24, 2.45) is 5.73 Å². The molecule has 170 valence electrons. The van der Waals surface area contributed by atoms with E-state index in [0.717, 1.165) is 0 Å². The number of anilines is 1. The summed E-state index contributed by atoms with van der Waals surface area (Å²) in [4.78, 5) is 39.1. The Morgan fingerprint density at radius 3 is 2.44 bits per heavy atom. The third kappa shape index (κ3) is 3.88. The number of hydrogen-bond acceptors (Lipinski definition) is 4. The van der Waals surface area contributed by atoms with Crippen LogP contribution in [0.5, 0.6) is 0 Å². The monoisotopic (exact) mass is 473 g/mol. The highest BCUT2D eigenvalue weighted by atomic mass is 35.5.